The summed E-state index contributed by atoms with van der Waals surface area (Å²) >= 11 is 3.26. The van der Waals surface area contributed by atoms with Gasteiger partial charge in [0.2, 0.25) is 0 Å². The molecule has 8 nitrogen and oxygen atoms in total. The summed E-state index contributed by atoms with van der Waals surface area (Å²) in [6, 6.07) is 8.61. The van der Waals surface area contributed by atoms with Crippen LogP contribution in [0.3, 0.4) is 0 Å². The van der Waals surface area contributed by atoms with E-state index < -0.39 is 0 Å². The molecule has 3 aromatic rings. The highest BCUT2D eigenvalue weighted by molar-refractivity contribution is 9.10. The van der Waals surface area contributed by atoms with Crippen molar-refractivity contribution in [2.75, 3.05) is 11.1 Å². The van der Waals surface area contributed by atoms with Gasteiger partial charge in [0.05, 0.1) is 23.1 Å². The van der Waals surface area contributed by atoms with Crippen molar-refractivity contribution in [3.05, 3.63) is 52.0 Å². The maximum absolute atomic E-state index is 12.0. The zero-order valence-electron chi connectivity index (χ0n) is 14.0. The number of nitrogen functional groups attached to an aromatic ring is 1. The molecule has 3 rings (SSSR count). The van der Waals surface area contributed by atoms with Crippen LogP contribution in [0.2, 0.25) is 0 Å². The van der Waals surface area contributed by atoms with Gasteiger partial charge in [-0.2, -0.15) is 10.4 Å². The number of nitrogens with one attached hydrogen (secondary N) is 1. The summed E-state index contributed by atoms with van der Waals surface area (Å²) in [7, 11) is 0. The number of hydrogen-bond acceptors (Lipinski definition) is 7. The van der Waals surface area contributed by atoms with Gasteiger partial charge in [-0.3, -0.25) is 4.79 Å². The zero-order chi connectivity index (χ0) is 18.8. The van der Waals surface area contributed by atoms with E-state index in [0.717, 1.165) is 0 Å². The second-order valence-electron chi connectivity index (χ2n) is 5.54. The number of hydrogen-bond donors (Lipinski definition) is 2. The fourth-order valence-electron chi connectivity index (χ4n) is 2.38. The van der Waals surface area contributed by atoms with Gasteiger partial charge in [0, 0.05) is 5.69 Å². The number of aryl methyl sites for hydroxylation is 1. The number of aromatic nitrogens is 4. The molecule has 0 saturated carbocycles. The van der Waals surface area contributed by atoms with Crippen molar-refractivity contribution in [2.24, 2.45) is 0 Å². The van der Waals surface area contributed by atoms with E-state index in [4.69, 9.17) is 11.0 Å². The number of carbonyl (C=O) groups is 1. The summed E-state index contributed by atoms with van der Waals surface area (Å²) in [5, 5.41) is 16.3. The second-order valence-corrected chi connectivity index (χ2v) is 6.35. The molecule has 3 aromatic heterocycles. The maximum Gasteiger partial charge on any atom is 0.166 e. The number of nitrogens with zero attached hydrogens (tertiary/aromatic N) is 5. The highest BCUT2D eigenvalue weighted by Gasteiger charge is 2.16. The topological polar surface area (TPSA) is 123 Å². The van der Waals surface area contributed by atoms with Crippen molar-refractivity contribution in [2.45, 2.75) is 13.8 Å². The Morgan fingerprint density at radius 2 is 2.15 bits per heavy atom. The third-order valence-corrected chi connectivity index (χ3v) is 4.06. The standard InChI is InChI=1S/C17H14BrN7O/c1-9-5-11(7-19)24-25(9)17-12(10(2)26)3-4-16(23-17)22-14-8-21-15(18)6-13(14)20/h3-6,8H,1-2H3,(H2,20,21)(H,22,23). The predicted molar refractivity (Wildman–Crippen MR) is 100 cm³/mol. The molecule has 0 spiro atoms. The van der Waals surface area contributed by atoms with Crippen LogP contribution in [0.1, 0.15) is 28.7 Å². The van der Waals surface area contributed by atoms with Crippen LogP contribution in [0.4, 0.5) is 17.2 Å². The van der Waals surface area contributed by atoms with Gasteiger partial charge in [0.1, 0.15) is 16.5 Å². The van der Waals surface area contributed by atoms with Crippen LogP contribution in [-0.2, 0) is 0 Å². The second kappa shape index (κ2) is 6.93. The maximum atomic E-state index is 12.0. The van der Waals surface area contributed by atoms with E-state index in [1.165, 1.54) is 11.6 Å². The van der Waals surface area contributed by atoms with E-state index in [-0.39, 0.29) is 11.5 Å². The van der Waals surface area contributed by atoms with Gasteiger partial charge in [-0.05, 0) is 54.0 Å². The molecule has 0 aliphatic carbocycles. The number of ketones is 1. The molecule has 26 heavy (non-hydrogen) atoms. The minimum atomic E-state index is -0.155. The molecule has 0 aliphatic rings. The lowest BCUT2D eigenvalue weighted by Gasteiger charge is -2.12. The molecule has 3 N–H and O–H groups in total. The molecule has 130 valence electrons. The van der Waals surface area contributed by atoms with Crippen molar-refractivity contribution in [3.63, 3.8) is 0 Å². The first-order chi connectivity index (χ1) is 12.4. The highest BCUT2D eigenvalue weighted by atomic mass is 79.9. The Morgan fingerprint density at radius 1 is 1.38 bits per heavy atom. The van der Waals surface area contributed by atoms with Crippen LogP contribution in [0.5, 0.6) is 0 Å². The fraction of sp³-hybridized carbons (Fsp3) is 0.118. The van der Waals surface area contributed by atoms with Gasteiger partial charge in [-0.25, -0.2) is 14.6 Å². The number of Topliss-reactive ketones (excluding diaryl/α,β-unsaturated/α-hetero) is 1. The van der Waals surface area contributed by atoms with Crippen molar-refractivity contribution < 1.29 is 4.79 Å². The number of nitriles is 1. The van der Waals surface area contributed by atoms with Crippen molar-refractivity contribution in [1.82, 2.24) is 19.7 Å². The quantitative estimate of drug-likeness (QED) is 0.499. The monoisotopic (exact) mass is 411 g/mol. The number of carbonyl (C=O) groups excluding carboxylic acids is 1. The summed E-state index contributed by atoms with van der Waals surface area (Å²) in [6.07, 6.45) is 1.58. The Kier molecular flexibility index (Phi) is 4.69. The molecule has 0 unspecified atom stereocenters. The lowest BCUT2D eigenvalue weighted by Crippen LogP contribution is -2.11. The van der Waals surface area contributed by atoms with Gasteiger partial charge >= 0.3 is 0 Å². The molecule has 3 heterocycles. The van der Waals surface area contributed by atoms with Gasteiger partial charge in [-0.15, -0.1) is 0 Å². The first-order valence-electron chi connectivity index (χ1n) is 7.56. The Morgan fingerprint density at radius 3 is 2.77 bits per heavy atom. The molecular weight excluding hydrogens is 398 g/mol. The molecule has 0 radical (unpaired) electrons. The van der Waals surface area contributed by atoms with Crippen molar-refractivity contribution in [1.29, 1.82) is 5.26 Å². The van der Waals surface area contributed by atoms with E-state index >= 15 is 0 Å². The Hall–Kier alpha value is -3.25. The SMILES string of the molecule is CC(=O)c1ccc(Nc2cnc(Br)cc2N)nc1-n1nc(C#N)cc1C. The molecule has 0 fully saturated rings. The fourth-order valence-corrected chi connectivity index (χ4v) is 2.73. The van der Waals surface area contributed by atoms with E-state index in [2.05, 4.69) is 36.3 Å². The van der Waals surface area contributed by atoms with Crippen LogP contribution in [0, 0.1) is 18.3 Å². The van der Waals surface area contributed by atoms with E-state index in [0.29, 0.717) is 38.9 Å². The van der Waals surface area contributed by atoms with Crippen LogP contribution in [0.25, 0.3) is 5.82 Å². The summed E-state index contributed by atoms with van der Waals surface area (Å²) in [5.74, 6) is 0.650. The van der Waals surface area contributed by atoms with Crippen LogP contribution < -0.4 is 11.1 Å². The molecule has 0 aliphatic heterocycles. The summed E-state index contributed by atoms with van der Waals surface area (Å²) < 4.78 is 2.10. The normalized spacial score (nSPS) is 10.4. The van der Waals surface area contributed by atoms with Gasteiger partial charge in [0.15, 0.2) is 17.3 Å². The first-order valence-corrected chi connectivity index (χ1v) is 8.35. The molecule has 0 amide bonds. The average Bonchev–Trinajstić information content (AvgIpc) is 2.98. The largest absolute Gasteiger partial charge is 0.397 e. The summed E-state index contributed by atoms with van der Waals surface area (Å²) in [6.45, 7) is 3.24. The van der Waals surface area contributed by atoms with E-state index in [9.17, 15) is 4.79 Å². The first kappa shape index (κ1) is 17.6. The molecule has 0 atom stereocenters. The Labute approximate surface area is 157 Å². The number of rotatable bonds is 4. The number of anilines is 3. The predicted octanol–water partition coefficient (Wildman–Crippen LogP) is 3.13. The third kappa shape index (κ3) is 3.41. The smallest absolute Gasteiger partial charge is 0.166 e. The van der Waals surface area contributed by atoms with Crippen molar-refractivity contribution in [3.8, 4) is 11.9 Å². The van der Waals surface area contributed by atoms with E-state index in [1.54, 1.807) is 37.4 Å². The lowest BCUT2D eigenvalue weighted by molar-refractivity contribution is 0.101. The molecule has 0 bridgehead atoms. The van der Waals surface area contributed by atoms with Crippen molar-refractivity contribution >= 4 is 38.9 Å². The lowest BCUT2D eigenvalue weighted by atomic mass is 10.2. The summed E-state index contributed by atoms with van der Waals surface area (Å²) in [4.78, 5) is 20.6. The highest BCUT2D eigenvalue weighted by Crippen LogP contribution is 2.25. The zero-order valence-corrected chi connectivity index (χ0v) is 15.6. The average molecular weight is 412 g/mol. The number of nitrogens with two attached hydrogens (primary N) is 1. The van der Waals surface area contributed by atoms with Crippen LogP contribution in [-0.4, -0.2) is 25.5 Å². The summed E-state index contributed by atoms with van der Waals surface area (Å²) in [5.41, 5.74) is 8.39. The van der Waals surface area contributed by atoms with Crippen LogP contribution >= 0.6 is 15.9 Å². The molecular formula is C17H14BrN7O. The van der Waals surface area contributed by atoms with E-state index in [1.807, 2.05) is 6.07 Å². The van der Waals surface area contributed by atoms with Crippen LogP contribution in [0.15, 0.2) is 35.1 Å². The Bertz CT molecular complexity index is 1050. The number of pyridine rings is 2. The third-order valence-electron chi connectivity index (χ3n) is 3.62. The minimum Gasteiger partial charge on any atom is -0.397 e. The molecule has 0 aromatic carbocycles. The molecule has 0 saturated heterocycles. The Balaban J connectivity index is 2.08. The number of halogens is 1. The minimum absolute atomic E-state index is 0.155. The van der Waals surface area contributed by atoms with Gasteiger partial charge < -0.3 is 11.1 Å². The van der Waals surface area contributed by atoms with Gasteiger partial charge in [0.25, 0.3) is 0 Å². The molecule has 9 heteroatoms. The van der Waals surface area contributed by atoms with Gasteiger partial charge in [-0.1, -0.05) is 0 Å².